The molecule has 5 heteroatoms. The molecular weight excluding hydrogens is 404 g/mol. The summed E-state index contributed by atoms with van der Waals surface area (Å²) in [5.41, 5.74) is 4.34. The number of rotatable bonds is 11. The summed E-state index contributed by atoms with van der Waals surface area (Å²) in [6, 6.07) is 0. The van der Waals surface area contributed by atoms with Gasteiger partial charge in [-0.3, -0.25) is 4.79 Å². The van der Waals surface area contributed by atoms with Crippen molar-refractivity contribution >= 4 is 14.3 Å². The maximum atomic E-state index is 10.6. The van der Waals surface area contributed by atoms with E-state index in [0.717, 1.165) is 32.1 Å². The van der Waals surface area contributed by atoms with Crippen LogP contribution in [0.15, 0.2) is 29.5 Å². The van der Waals surface area contributed by atoms with Crippen molar-refractivity contribution in [1.29, 1.82) is 0 Å². The zero-order valence-corrected chi connectivity index (χ0v) is 21.3. The van der Waals surface area contributed by atoms with Crippen LogP contribution in [0.25, 0.3) is 0 Å². The summed E-state index contributed by atoms with van der Waals surface area (Å²) in [5.74, 6) is 0.0468. The molecule has 176 valence electrons. The number of carboxylic acids is 1. The first-order valence-electron chi connectivity index (χ1n) is 12.2. The van der Waals surface area contributed by atoms with Crippen LogP contribution in [0.4, 0.5) is 0 Å². The summed E-state index contributed by atoms with van der Waals surface area (Å²) < 4.78 is 6.93. The van der Waals surface area contributed by atoms with Gasteiger partial charge in [-0.1, -0.05) is 45.3 Å². The first kappa shape index (κ1) is 26.1. The Hall–Kier alpha value is -1.13. The lowest BCUT2D eigenvalue weighted by Gasteiger charge is -2.41. The van der Waals surface area contributed by atoms with Crippen molar-refractivity contribution in [2.24, 2.45) is 11.8 Å². The smallest absolute Gasteiger partial charge is 0.307 e. The molecule has 2 aliphatic rings. The Morgan fingerprint density at radius 2 is 1.97 bits per heavy atom. The molecule has 4 nitrogen and oxygen atoms in total. The van der Waals surface area contributed by atoms with Gasteiger partial charge in [0.1, 0.15) is 0 Å². The average Bonchev–Trinajstić information content (AvgIpc) is 3.31. The Morgan fingerprint density at radius 3 is 2.58 bits per heavy atom. The van der Waals surface area contributed by atoms with Crippen molar-refractivity contribution in [2.75, 3.05) is 0 Å². The van der Waals surface area contributed by atoms with Gasteiger partial charge in [0.15, 0.2) is 8.32 Å². The van der Waals surface area contributed by atoms with Gasteiger partial charge in [0.05, 0.1) is 12.5 Å². The van der Waals surface area contributed by atoms with Crippen molar-refractivity contribution in [2.45, 2.75) is 115 Å². The highest BCUT2D eigenvalue weighted by molar-refractivity contribution is 6.74. The van der Waals surface area contributed by atoms with Crippen LogP contribution in [-0.4, -0.2) is 36.7 Å². The van der Waals surface area contributed by atoms with Gasteiger partial charge in [0, 0.05) is 12.0 Å². The van der Waals surface area contributed by atoms with Crippen molar-refractivity contribution < 1.29 is 19.4 Å². The van der Waals surface area contributed by atoms with E-state index in [-0.39, 0.29) is 23.5 Å². The van der Waals surface area contributed by atoms with Crippen LogP contribution in [0.2, 0.25) is 18.1 Å². The summed E-state index contributed by atoms with van der Waals surface area (Å²) in [5, 5.41) is 19.4. The molecule has 0 aliphatic heterocycles. The second kappa shape index (κ2) is 11.6. The molecule has 0 aromatic rings. The summed E-state index contributed by atoms with van der Waals surface area (Å²) in [6.07, 6.45) is 15.5. The molecule has 0 aromatic carbocycles. The normalized spacial score (nSPS) is 23.4. The Balaban J connectivity index is 1.95. The third-order valence-electron chi connectivity index (χ3n) is 7.59. The highest BCUT2D eigenvalue weighted by atomic mass is 28.4. The molecule has 0 aromatic heterocycles. The minimum absolute atomic E-state index is 0.00445. The third-order valence-corrected chi connectivity index (χ3v) is 12.1. The molecule has 1 saturated carbocycles. The minimum atomic E-state index is -1.81. The van der Waals surface area contributed by atoms with E-state index in [4.69, 9.17) is 9.53 Å². The SMILES string of the molecule is CC(C)(C)[Si](C)(C)O[C@@H](CCC1=CC[C@H](O)[C@@H]1CCC=C=CCC(=O)O)C1CCCC1. The van der Waals surface area contributed by atoms with Crippen LogP contribution in [-0.2, 0) is 9.22 Å². The Bertz CT molecular complexity index is 676. The van der Waals surface area contributed by atoms with Crippen LogP contribution < -0.4 is 0 Å². The molecule has 0 radical (unpaired) electrons. The molecule has 2 aliphatic carbocycles. The fourth-order valence-corrected chi connectivity index (χ4v) is 6.08. The maximum absolute atomic E-state index is 10.6. The highest BCUT2D eigenvalue weighted by Gasteiger charge is 2.41. The van der Waals surface area contributed by atoms with Crippen LogP contribution in [0.5, 0.6) is 0 Å². The zero-order valence-electron chi connectivity index (χ0n) is 20.3. The van der Waals surface area contributed by atoms with E-state index in [1.54, 1.807) is 6.08 Å². The second-order valence-corrected chi connectivity index (χ2v) is 15.7. The van der Waals surface area contributed by atoms with Gasteiger partial charge in [-0.05, 0) is 81.1 Å². The number of carboxylic acid groups (broad SMARTS) is 1. The molecule has 0 amide bonds. The molecule has 0 saturated heterocycles. The first-order chi connectivity index (χ1) is 14.5. The van der Waals surface area contributed by atoms with E-state index in [9.17, 15) is 9.90 Å². The van der Waals surface area contributed by atoms with E-state index in [2.05, 4.69) is 45.7 Å². The fourth-order valence-electron chi connectivity index (χ4n) is 4.66. The van der Waals surface area contributed by atoms with Crippen molar-refractivity contribution in [1.82, 2.24) is 0 Å². The summed E-state index contributed by atoms with van der Waals surface area (Å²) in [4.78, 5) is 10.6. The second-order valence-electron chi connectivity index (χ2n) is 10.9. The van der Waals surface area contributed by atoms with Crippen molar-refractivity contribution in [3.05, 3.63) is 29.5 Å². The monoisotopic (exact) mass is 448 g/mol. The number of carbonyl (C=O) groups is 1. The minimum Gasteiger partial charge on any atom is -0.481 e. The molecule has 1 fully saturated rings. The van der Waals surface area contributed by atoms with Gasteiger partial charge in [-0.2, -0.15) is 0 Å². The lowest BCUT2D eigenvalue weighted by molar-refractivity contribution is -0.136. The molecule has 3 atom stereocenters. The number of aliphatic hydroxyl groups is 1. The number of hydrogen-bond acceptors (Lipinski definition) is 3. The van der Waals surface area contributed by atoms with E-state index < -0.39 is 14.3 Å². The quantitative estimate of drug-likeness (QED) is 0.212. The van der Waals surface area contributed by atoms with Gasteiger partial charge < -0.3 is 14.6 Å². The molecule has 31 heavy (non-hydrogen) atoms. The Morgan fingerprint density at radius 1 is 1.29 bits per heavy atom. The number of aliphatic carboxylic acids is 1. The van der Waals surface area contributed by atoms with Crippen LogP contribution in [0, 0.1) is 11.8 Å². The topological polar surface area (TPSA) is 66.8 Å². The van der Waals surface area contributed by atoms with E-state index >= 15 is 0 Å². The molecule has 0 bridgehead atoms. The summed E-state index contributed by atoms with van der Waals surface area (Å²) in [6.45, 7) is 11.7. The molecule has 0 spiro atoms. The average molecular weight is 449 g/mol. The largest absolute Gasteiger partial charge is 0.481 e. The first-order valence-corrected chi connectivity index (χ1v) is 15.1. The molecule has 2 N–H and O–H groups in total. The van der Waals surface area contributed by atoms with Gasteiger partial charge in [0.2, 0.25) is 0 Å². The predicted molar refractivity (Wildman–Crippen MR) is 130 cm³/mol. The zero-order chi connectivity index (χ0) is 23.1. The lowest BCUT2D eigenvalue weighted by atomic mass is 9.88. The molecule has 2 rings (SSSR count). The van der Waals surface area contributed by atoms with Gasteiger partial charge >= 0.3 is 5.97 Å². The van der Waals surface area contributed by atoms with Gasteiger partial charge in [0.25, 0.3) is 0 Å². The Labute approximate surface area is 190 Å². The maximum Gasteiger partial charge on any atom is 0.307 e. The molecular formula is C26H44O4Si. The van der Waals surface area contributed by atoms with Gasteiger partial charge in [-0.15, -0.1) is 5.73 Å². The van der Waals surface area contributed by atoms with Gasteiger partial charge in [-0.25, -0.2) is 0 Å². The highest BCUT2D eigenvalue weighted by Crippen LogP contribution is 2.42. The predicted octanol–water partition coefficient (Wildman–Crippen LogP) is 6.62. The third kappa shape index (κ3) is 8.05. The lowest BCUT2D eigenvalue weighted by Crippen LogP contribution is -2.45. The van der Waals surface area contributed by atoms with Crippen molar-refractivity contribution in [3.63, 3.8) is 0 Å². The van der Waals surface area contributed by atoms with E-state index in [1.807, 2.05) is 6.08 Å². The number of hydrogen-bond donors (Lipinski definition) is 2. The van der Waals surface area contributed by atoms with Crippen molar-refractivity contribution in [3.8, 4) is 0 Å². The standard InChI is InChI=1S/C26H44O4Si/c1-26(2,3)31(4,5)30-24(21-12-10-11-13-21)19-17-20-16-18-23(27)22(20)14-8-6-7-9-15-25(28)29/h6,9,16,21-24,27H,8,10-15,17-19H2,1-5H3,(H,28,29)/t7?,22-,23+,24+/m1/s1. The summed E-state index contributed by atoms with van der Waals surface area (Å²) in [7, 11) is -1.81. The number of aliphatic hydroxyl groups excluding tert-OH is 1. The Kier molecular flexibility index (Phi) is 9.82. The molecule has 0 heterocycles. The summed E-state index contributed by atoms with van der Waals surface area (Å²) >= 11 is 0. The fraction of sp³-hybridized carbons (Fsp3) is 0.769. The van der Waals surface area contributed by atoms with E-state index in [0.29, 0.717) is 12.0 Å². The van der Waals surface area contributed by atoms with Crippen LogP contribution in [0.1, 0.15) is 85.0 Å². The van der Waals surface area contributed by atoms with E-state index in [1.165, 1.54) is 31.3 Å². The van der Waals surface area contributed by atoms with Crippen LogP contribution >= 0.6 is 0 Å². The van der Waals surface area contributed by atoms with Crippen LogP contribution in [0.3, 0.4) is 0 Å². The molecule has 0 unspecified atom stereocenters.